The second-order valence-electron chi connectivity index (χ2n) is 8.26. The second-order valence-corrected chi connectivity index (χ2v) is 9.32. The summed E-state index contributed by atoms with van der Waals surface area (Å²) in [7, 11) is 0. The van der Waals surface area contributed by atoms with Crippen LogP contribution in [0.1, 0.15) is 27.2 Å². The summed E-state index contributed by atoms with van der Waals surface area (Å²) in [6.45, 7) is 1.18. The van der Waals surface area contributed by atoms with E-state index in [0.717, 1.165) is 16.9 Å². The summed E-state index contributed by atoms with van der Waals surface area (Å²) in [5.41, 5.74) is 9.77. The molecule has 0 fully saturated rings. The maximum absolute atomic E-state index is 13.6. The lowest BCUT2D eigenvalue weighted by atomic mass is 9.81. The fourth-order valence-corrected chi connectivity index (χ4v) is 5.25. The number of hydrogen-bond donors (Lipinski definition) is 1. The number of allylic oxidation sites excluding steroid dienone is 3. The van der Waals surface area contributed by atoms with Crippen LogP contribution >= 0.6 is 23.2 Å². The molecule has 0 saturated carbocycles. The van der Waals surface area contributed by atoms with E-state index >= 15 is 0 Å². The molecule has 0 radical (unpaired) electrons. The quantitative estimate of drug-likeness (QED) is 0.543. The van der Waals surface area contributed by atoms with Crippen LogP contribution in [-0.2, 0) is 22.8 Å². The number of benzene rings is 2. The van der Waals surface area contributed by atoms with Crippen molar-refractivity contribution in [3.8, 4) is 0 Å². The number of nitrogens with zero attached hydrogens (tertiary/aromatic N) is 2. The Hall–Kier alpha value is -3.28. The van der Waals surface area contributed by atoms with E-state index in [4.69, 9.17) is 28.9 Å². The number of amides is 2. The summed E-state index contributed by atoms with van der Waals surface area (Å²) < 4.78 is 2.16. The Bertz CT molecular complexity index is 1310. The van der Waals surface area contributed by atoms with Gasteiger partial charge in [0, 0.05) is 34.7 Å². The van der Waals surface area contributed by atoms with E-state index in [0.29, 0.717) is 29.2 Å². The van der Waals surface area contributed by atoms with Crippen molar-refractivity contribution in [1.29, 1.82) is 0 Å². The van der Waals surface area contributed by atoms with Crippen LogP contribution < -0.4 is 10.6 Å². The number of fused-ring (bicyclic) bond motifs is 2. The van der Waals surface area contributed by atoms with Crippen LogP contribution in [0.3, 0.4) is 0 Å². The molecular weight excluding hydrogens is 457 g/mol. The van der Waals surface area contributed by atoms with Crippen molar-refractivity contribution in [1.82, 2.24) is 4.57 Å². The fourth-order valence-electron chi connectivity index (χ4n) is 4.52. The highest BCUT2D eigenvalue weighted by Gasteiger charge is 2.41. The van der Waals surface area contributed by atoms with Gasteiger partial charge in [-0.05, 0) is 53.6 Å². The molecule has 5 nitrogen and oxygen atoms in total. The van der Waals surface area contributed by atoms with E-state index in [2.05, 4.69) is 4.57 Å². The van der Waals surface area contributed by atoms with Crippen molar-refractivity contribution in [3.63, 3.8) is 0 Å². The largest absolute Gasteiger partial charge is 0.369 e. The number of halogens is 2. The Kier molecular flexibility index (Phi) is 5.39. The summed E-state index contributed by atoms with van der Waals surface area (Å²) in [5, 5.41) is 0.423. The normalized spacial score (nSPS) is 21.6. The van der Waals surface area contributed by atoms with E-state index in [1.807, 2.05) is 42.6 Å². The van der Waals surface area contributed by atoms with Gasteiger partial charge in [0.15, 0.2) is 0 Å². The number of aromatic nitrogens is 1. The van der Waals surface area contributed by atoms with Crippen LogP contribution in [0, 0.1) is 5.92 Å². The molecule has 0 spiro atoms. The second kappa shape index (κ2) is 8.25. The number of carbonyl (C=O) groups is 2. The van der Waals surface area contributed by atoms with Gasteiger partial charge >= 0.3 is 0 Å². The molecule has 1 aromatic heterocycles. The molecule has 0 bridgehead atoms. The van der Waals surface area contributed by atoms with Gasteiger partial charge in [0.2, 0.25) is 5.91 Å². The van der Waals surface area contributed by atoms with Gasteiger partial charge in [0.05, 0.1) is 12.5 Å². The summed E-state index contributed by atoms with van der Waals surface area (Å²) in [6, 6.07) is 18.9. The van der Waals surface area contributed by atoms with Gasteiger partial charge in [0.1, 0.15) is 4.87 Å². The zero-order chi connectivity index (χ0) is 23.2. The van der Waals surface area contributed by atoms with Gasteiger partial charge in [-0.15, -0.1) is 11.6 Å². The minimum Gasteiger partial charge on any atom is -0.369 e. The average Bonchev–Trinajstić information content (AvgIpc) is 3.17. The molecule has 2 aromatic carbocycles. The number of hydrogen-bond acceptors (Lipinski definition) is 2. The van der Waals surface area contributed by atoms with Crippen molar-refractivity contribution in [3.05, 3.63) is 113 Å². The summed E-state index contributed by atoms with van der Waals surface area (Å²) in [6.07, 6.45) is 6.87. The molecule has 1 aliphatic carbocycles. The Labute approximate surface area is 201 Å². The van der Waals surface area contributed by atoms with Crippen LogP contribution in [0.2, 0.25) is 0 Å². The highest BCUT2D eigenvalue weighted by molar-refractivity contribution is 6.34. The minimum absolute atomic E-state index is 0.115. The SMILES string of the molecule is NC(=O)C1C=CC(Cl)=CC1(Cl)c1ccc(C(=O)N2Cc3cccn3Cc3ccccc32)cc1. The van der Waals surface area contributed by atoms with Crippen LogP contribution in [0.25, 0.3) is 0 Å². The number of alkyl halides is 1. The predicted molar refractivity (Wildman–Crippen MR) is 130 cm³/mol. The molecule has 2 unspecified atom stereocenters. The number of carbonyl (C=O) groups excluding carboxylic acids is 2. The third-order valence-electron chi connectivity index (χ3n) is 6.24. The third-order valence-corrected chi connectivity index (χ3v) is 7.04. The van der Waals surface area contributed by atoms with Gasteiger partial charge < -0.3 is 15.2 Å². The molecule has 0 saturated heterocycles. The van der Waals surface area contributed by atoms with Gasteiger partial charge in [0.25, 0.3) is 5.91 Å². The molecular formula is C26H21Cl2N3O2. The van der Waals surface area contributed by atoms with E-state index in [-0.39, 0.29) is 5.91 Å². The minimum atomic E-state index is -1.21. The number of primary amides is 1. The van der Waals surface area contributed by atoms with Crippen LogP contribution in [0.5, 0.6) is 0 Å². The zero-order valence-electron chi connectivity index (χ0n) is 17.6. The summed E-state index contributed by atoms with van der Waals surface area (Å²) in [5.74, 6) is -1.42. The molecule has 1 aliphatic heterocycles. The van der Waals surface area contributed by atoms with Crippen LogP contribution in [0.15, 0.2) is 90.1 Å². The van der Waals surface area contributed by atoms with Crippen molar-refractivity contribution < 1.29 is 9.59 Å². The molecule has 2 atom stereocenters. The first-order valence-corrected chi connectivity index (χ1v) is 11.3. The van der Waals surface area contributed by atoms with Gasteiger partial charge in [-0.3, -0.25) is 9.59 Å². The Morgan fingerprint density at radius 3 is 2.52 bits per heavy atom. The Balaban J connectivity index is 1.49. The van der Waals surface area contributed by atoms with Crippen molar-refractivity contribution in [2.24, 2.45) is 11.7 Å². The Morgan fingerprint density at radius 2 is 1.76 bits per heavy atom. The fraction of sp³-hybridized carbons (Fsp3) is 0.154. The highest BCUT2D eigenvalue weighted by atomic mass is 35.5. The first-order valence-electron chi connectivity index (χ1n) is 10.6. The lowest BCUT2D eigenvalue weighted by Crippen LogP contribution is -2.38. The molecule has 166 valence electrons. The number of para-hydroxylation sites is 1. The van der Waals surface area contributed by atoms with Crippen molar-refractivity contribution in [2.75, 3.05) is 4.90 Å². The maximum Gasteiger partial charge on any atom is 0.258 e. The molecule has 2 N–H and O–H groups in total. The molecule has 7 heteroatoms. The molecule has 3 aromatic rings. The Morgan fingerprint density at radius 1 is 1.00 bits per heavy atom. The average molecular weight is 478 g/mol. The van der Waals surface area contributed by atoms with Gasteiger partial charge in [-0.2, -0.15) is 0 Å². The van der Waals surface area contributed by atoms with Crippen LogP contribution in [-0.4, -0.2) is 16.4 Å². The van der Waals surface area contributed by atoms with Crippen molar-refractivity contribution >= 4 is 40.7 Å². The summed E-state index contributed by atoms with van der Waals surface area (Å²) in [4.78, 5) is 26.2. The van der Waals surface area contributed by atoms with E-state index < -0.39 is 16.7 Å². The lowest BCUT2D eigenvalue weighted by Gasteiger charge is -2.32. The topological polar surface area (TPSA) is 68.3 Å². The number of rotatable bonds is 3. The summed E-state index contributed by atoms with van der Waals surface area (Å²) >= 11 is 13.0. The number of nitrogens with two attached hydrogens (primary N) is 1. The van der Waals surface area contributed by atoms with Crippen molar-refractivity contribution in [2.45, 2.75) is 18.0 Å². The molecule has 2 amide bonds. The smallest absolute Gasteiger partial charge is 0.258 e. The third kappa shape index (κ3) is 3.77. The number of anilines is 1. The van der Waals surface area contributed by atoms with Gasteiger partial charge in [-0.25, -0.2) is 0 Å². The monoisotopic (exact) mass is 477 g/mol. The first-order chi connectivity index (χ1) is 15.9. The first kappa shape index (κ1) is 21.6. The highest BCUT2D eigenvalue weighted by Crippen LogP contribution is 2.43. The molecule has 2 aliphatic rings. The van der Waals surface area contributed by atoms with E-state index in [1.165, 1.54) is 0 Å². The van der Waals surface area contributed by atoms with Crippen LogP contribution in [0.4, 0.5) is 5.69 Å². The van der Waals surface area contributed by atoms with E-state index in [9.17, 15) is 9.59 Å². The lowest BCUT2D eigenvalue weighted by molar-refractivity contribution is -0.121. The van der Waals surface area contributed by atoms with E-state index in [1.54, 1.807) is 47.4 Å². The molecule has 2 heterocycles. The standard InChI is InChI=1S/C26H21Cl2N3O2/c27-20-11-12-22(24(29)32)26(28,14-20)19-9-7-17(8-10-19)25(33)31-16-21-5-3-13-30(21)15-18-4-1-2-6-23(18)31/h1-14,22H,15-16H2,(H2,29,32). The zero-order valence-corrected chi connectivity index (χ0v) is 19.1. The maximum atomic E-state index is 13.6. The molecule has 5 rings (SSSR count). The molecule has 33 heavy (non-hydrogen) atoms. The van der Waals surface area contributed by atoms with Gasteiger partial charge in [-0.1, -0.05) is 48.0 Å². The predicted octanol–water partition coefficient (Wildman–Crippen LogP) is 4.92.